The lowest BCUT2D eigenvalue weighted by atomic mass is 10.2. The largest absolute Gasteiger partial charge is 0.343 e. The zero-order valence-electron chi connectivity index (χ0n) is 13.6. The van der Waals surface area contributed by atoms with E-state index in [9.17, 15) is 0 Å². The average Bonchev–Trinajstić information content (AvgIpc) is 3.16. The monoisotopic (exact) mass is 368 g/mol. The number of rotatable bonds is 4. The normalized spacial score (nSPS) is 27.1. The lowest BCUT2D eigenvalue weighted by molar-refractivity contribution is -0.0580. The second-order valence-electron chi connectivity index (χ2n) is 7.07. The third-order valence-electron chi connectivity index (χ3n) is 3.96. The number of hydrogen-bond acceptors (Lipinski definition) is 4. The number of halogens is 1. The highest BCUT2D eigenvalue weighted by Gasteiger charge is 2.47. The fraction of sp³-hybridized carbons (Fsp3) is 0.647. The quantitative estimate of drug-likeness (QED) is 0.763. The number of piperazine rings is 1. The van der Waals surface area contributed by atoms with E-state index in [1.807, 2.05) is 0 Å². The van der Waals surface area contributed by atoms with E-state index in [1.54, 1.807) is 0 Å². The van der Waals surface area contributed by atoms with Gasteiger partial charge in [-0.25, -0.2) is 0 Å². The van der Waals surface area contributed by atoms with Crippen LogP contribution in [0.5, 0.6) is 0 Å². The molecule has 2 fully saturated rings. The molecule has 2 aliphatic rings. The fourth-order valence-corrected chi connectivity index (χ4v) is 3.30. The summed E-state index contributed by atoms with van der Waals surface area (Å²) in [6.45, 7) is 11.5. The molecule has 1 aromatic rings. The maximum absolute atomic E-state index is 5.87. The molecule has 122 valence electrons. The summed E-state index contributed by atoms with van der Waals surface area (Å²) in [5.41, 5.74) is 1.22. The molecule has 0 N–H and O–H groups in total. The molecule has 0 aromatic heterocycles. The Balaban J connectivity index is 1.44. The van der Waals surface area contributed by atoms with Crippen molar-refractivity contribution in [2.24, 2.45) is 0 Å². The summed E-state index contributed by atoms with van der Waals surface area (Å²) >= 11 is 3.54. The number of hydrogen-bond donors (Lipinski definition) is 0. The van der Waals surface area contributed by atoms with Crippen molar-refractivity contribution in [2.75, 3.05) is 26.2 Å². The molecule has 0 bridgehead atoms. The minimum absolute atomic E-state index is 0.0448. The van der Waals surface area contributed by atoms with E-state index < -0.39 is 0 Å². The number of nitrogens with zero attached hydrogens (tertiary/aromatic N) is 2. The zero-order chi connectivity index (χ0) is 15.7. The Morgan fingerprint density at radius 3 is 2.59 bits per heavy atom. The number of ether oxygens (including phenoxy) is 2. The second kappa shape index (κ2) is 6.57. The van der Waals surface area contributed by atoms with Crippen LogP contribution in [0.25, 0.3) is 0 Å². The summed E-state index contributed by atoms with van der Waals surface area (Å²) in [5, 5.41) is 0. The van der Waals surface area contributed by atoms with Gasteiger partial charge in [0.25, 0.3) is 0 Å². The van der Waals surface area contributed by atoms with E-state index in [-0.39, 0.29) is 18.1 Å². The third-order valence-corrected chi connectivity index (χ3v) is 4.45. The first-order valence-electron chi connectivity index (χ1n) is 7.95. The van der Waals surface area contributed by atoms with Gasteiger partial charge < -0.3 is 9.47 Å². The topological polar surface area (TPSA) is 28.2 Å². The van der Waals surface area contributed by atoms with Crippen LogP contribution >= 0.6 is 15.9 Å². The van der Waals surface area contributed by atoms with E-state index in [1.165, 1.54) is 5.56 Å². The first kappa shape index (κ1) is 16.4. The molecule has 0 saturated carbocycles. The van der Waals surface area contributed by atoms with Crippen LogP contribution in [0.2, 0.25) is 0 Å². The van der Waals surface area contributed by atoms with Gasteiger partial charge in [-0.1, -0.05) is 28.1 Å². The van der Waals surface area contributed by atoms with Gasteiger partial charge in [0.1, 0.15) is 0 Å². The van der Waals surface area contributed by atoms with Crippen molar-refractivity contribution in [3.63, 3.8) is 0 Å². The molecule has 0 amide bonds. The van der Waals surface area contributed by atoms with Crippen LogP contribution in [0, 0.1) is 0 Å². The minimum atomic E-state index is -0.137. The standard InChI is InChI=1S/C17H25BrN2O2/c1-17(2,3)22-16-15(21-16)20-9-7-19(8-10-20)12-13-5-4-6-14(18)11-13/h4-6,11,15-16H,7-10,12H2,1-3H3. The van der Waals surface area contributed by atoms with Gasteiger partial charge in [-0.15, -0.1) is 0 Å². The van der Waals surface area contributed by atoms with Crippen LogP contribution in [0.3, 0.4) is 0 Å². The Hall–Kier alpha value is -0.460. The van der Waals surface area contributed by atoms with Crippen LogP contribution in [0.1, 0.15) is 26.3 Å². The molecule has 3 rings (SSSR count). The van der Waals surface area contributed by atoms with E-state index >= 15 is 0 Å². The lowest BCUT2D eigenvalue weighted by Crippen LogP contribution is -2.47. The molecule has 0 aliphatic carbocycles. The Bertz CT molecular complexity index is 510. The van der Waals surface area contributed by atoms with E-state index in [4.69, 9.17) is 9.47 Å². The molecule has 2 unspecified atom stereocenters. The van der Waals surface area contributed by atoms with Gasteiger partial charge in [0.2, 0.25) is 0 Å². The molecule has 2 atom stereocenters. The van der Waals surface area contributed by atoms with Crippen molar-refractivity contribution in [3.8, 4) is 0 Å². The van der Waals surface area contributed by atoms with Crippen LogP contribution in [-0.4, -0.2) is 54.1 Å². The summed E-state index contributed by atoms with van der Waals surface area (Å²) in [4.78, 5) is 4.90. The number of epoxide rings is 1. The Morgan fingerprint density at radius 1 is 1.23 bits per heavy atom. The highest BCUT2D eigenvalue weighted by Crippen LogP contribution is 2.31. The molecule has 0 radical (unpaired) electrons. The van der Waals surface area contributed by atoms with E-state index in [2.05, 4.69) is 70.8 Å². The smallest absolute Gasteiger partial charge is 0.200 e. The van der Waals surface area contributed by atoms with Crippen molar-refractivity contribution < 1.29 is 9.47 Å². The van der Waals surface area contributed by atoms with Gasteiger partial charge >= 0.3 is 0 Å². The molecule has 5 heteroatoms. The molecule has 4 nitrogen and oxygen atoms in total. The SMILES string of the molecule is CC(C)(C)OC1OC1N1CCN(Cc2cccc(Br)c2)CC1. The predicted molar refractivity (Wildman–Crippen MR) is 90.5 cm³/mol. The molecule has 1 aromatic carbocycles. The van der Waals surface area contributed by atoms with Crippen molar-refractivity contribution >= 4 is 15.9 Å². The molecule has 0 spiro atoms. The van der Waals surface area contributed by atoms with Gasteiger partial charge in [-0.05, 0) is 38.5 Å². The zero-order valence-corrected chi connectivity index (χ0v) is 15.2. The lowest BCUT2D eigenvalue weighted by Gasteiger charge is -2.34. The highest BCUT2D eigenvalue weighted by molar-refractivity contribution is 9.10. The van der Waals surface area contributed by atoms with Gasteiger partial charge in [0.15, 0.2) is 12.5 Å². The van der Waals surface area contributed by atoms with Crippen LogP contribution in [-0.2, 0) is 16.0 Å². The summed E-state index contributed by atoms with van der Waals surface area (Å²) in [7, 11) is 0. The molecular formula is C17H25BrN2O2. The Kier molecular flexibility index (Phi) is 4.90. The van der Waals surface area contributed by atoms with Crippen LogP contribution in [0.15, 0.2) is 28.7 Å². The van der Waals surface area contributed by atoms with Gasteiger partial charge in [0, 0.05) is 37.2 Å². The highest BCUT2D eigenvalue weighted by atomic mass is 79.9. The maximum Gasteiger partial charge on any atom is 0.200 e. The van der Waals surface area contributed by atoms with Crippen LogP contribution in [0.4, 0.5) is 0 Å². The molecule has 2 aliphatic heterocycles. The Morgan fingerprint density at radius 2 is 1.95 bits per heavy atom. The molecule has 2 saturated heterocycles. The van der Waals surface area contributed by atoms with Gasteiger partial charge in [0.05, 0.1) is 5.60 Å². The Labute approximate surface area is 141 Å². The van der Waals surface area contributed by atoms with Crippen molar-refractivity contribution in [1.29, 1.82) is 0 Å². The van der Waals surface area contributed by atoms with Gasteiger partial charge in [-0.3, -0.25) is 9.80 Å². The van der Waals surface area contributed by atoms with Crippen molar-refractivity contribution in [1.82, 2.24) is 9.80 Å². The second-order valence-corrected chi connectivity index (χ2v) is 7.98. The molecule has 22 heavy (non-hydrogen) atoms. The van der Waals surface area contributed by atoms with Crippen molar-refractivity contribution in [2.45, 2.75) is 45.4 Å². The summed E-state index contributed by atoms with van der Waals surface area (Å²) < 4.78 is 12.7. The predicted octanol–water partition coefficient (Wildman–Crippen LogP) is 3.06. The molecular weight excluding hydrogens is 344 g/mol. The van der Waals surface area contributed by atoms with E-state index in [0.717, 1.165) is 37.2 Å². The van der Waals surface area contributed by atoms with Crippen LogP contribution < -0.4 is 0 Å². The summed E-state index contributed by atoms with van der Waals surface area (Å²) in [5.74, 6) is 0. The van der Waals surface area contributed by atoms with Crippen molar-refractivity contribution in [3.05, 3.63) is 34.3 Å². The summed E-state index contributed by atoms with van der Waals surface area (Å²) in [6, 6.07) is 8.56. The minimum Gasteiger partial charge on any atom is -0.343 e. The average molecular weight is 369 g/mol. The van der Waals surface area contributed by atoms with Gasteiger partial charge in [-0.2, -0.15) is 0 Å². The third kappa shape index (κ3) is 4.52. The fourth-order valence-electron chi connectivity index (χ4n) is 2.85. The first-order valence-corrected chi connectivity index (χ1v) is 8.74. The number of benzene rings is 1. The molecule has 2 heterocycles. The summed E-state index contributed by atoms with van der Waals surface area (Å²) in [6.07, 6.45) is 0.115. The first-order chi connectivity index (χ1) is 10.4. The maximum atomic E-state index is 5.87. The van der Waals surface area contributed by atoms with E-state index in [0.29, 0.717) is 0 Å².